The summed E-state index contributed by atoms with van der Waals surface area (Å²) in [6.45, 7) is 2.13. The van der Waals surface area contributed by atoms with E-state index >= 15 is 0 Å². The van der Waals surface area contributed by atoms with Crippen molar-refractivity contribution >= 4 is 52.9 Å². The van der Waals surface area contributed by atoms with Gasteiger partial charge < -0.3 is 21.7 Å². The van der Waals surface area contributed by atoms with E-state index in [1.165, 1.54) is 0 Å². The molecule has 2 saturated heterocycles. The molecule has 2 fully saturated rings. The highest BCUT2D eigenvalue weighted by Gasteiger charge is 2.47. The number of nitrogens with two attached hydrogens (primary N) is 1. The first-order valence-electron chi connectivity index (χ1n) is 12.4. The number of hydrogen-bond acceptors (Lipinski definition) is 8. The minimum atomic E-state index is -1.07. The molecule has 12 heteroatoms. The molecule has 37 heavy (non-hydrogen) atoms. The number of likely N-dealkylation sites (N-methyl/N-ethyl adjacent to an activating group) is 1. The van der Waals surface area contributed by atoms with Gasteiger partial charge in [-0.05, 0) is 43.4 Å². The number of rotatable bonds is 11. The summed E-state index contributed by atoms with van der Waals surface area (Å²) in [6.07, 6.45) is 2.73. The highest BCUT2D eigenvalue weighted by molar-refractivity contribution is 8.18. The zero-order chi connectivity index (χ0) is 27.0. The summed E-state index contributed by atoms with van der Waals surface area (Å²) in [5.74, 6) is -1.33. The van der Waals surface area contributed by atoms with Gasteiger partial charge in [-0.15, -0.1) is 23.5 Å². The lowest BCUT2D eigenvalue weighted by Gasteiger charge is -2.31. The number of primary amides is 1. The molecule has 3 atom stereocenters. The molecule has 0 aromatic heterocycles. The molecule has 10 nitrogen and oxygen atoms in total. The van der Waals surface area contributed by atoms with Crippen molar-refractivity contribution in [2.75, 3.05) is 31.6 Å². The van der Waals surface area contributed by atoms with Gasteiger partial charge in [-0.2, -0.15) is 0 Å². The van der Waals surface area contributed by atoms with Gasteiger partial charge in [0.2, 0.25) is 23.5 Å². The van der Waals surface area contributed by atoms with E-state index in [0.29, 0.717) is 24.8 Å². The molecule has 2 aliphatic heterocycles. The van der Waals surface area contributed by atoms with Crippen LogP contribution in [0.15, 0.2) is 30.3 Å². The first kappa shape index (κ1) is 29.0. The largest absolute Gasteiger partial charge is 0.368 e. The van der Waals surface area contributed by atoms with Crippen LogP contribution in [0.5, 0.6) is 0 Å². The summed E-state index contributed by atoms with van der Waals surface area (Å²) in [4.78, 5) is 64.7. The van der Waals surface area contributed by atoms with Gasteiger partial charge in [-0.25, -0.2) is 0 Å². The Morgan fingerprint density at radius 2 is 1.78 bits per heavy atom. The summed E-state index contributed by atoms with van der Waals surface area (Å²) in [7, 11) is 1.91. The highest BCUT2D eigenvalue weighted by Crippen LogP contribution is 2.49. The molecule has 1 aromatic rings. The maximum atomic E-state index is 13.1. The standard InChI is InChI=1S/C25H35N5O5S2/c1-3-8-17(28-23(34)18-13-25(15-30(18)2)36-11-7-12-37-25)21(32)24(35)27-14-19(31)29-20(22(26)33)16-9-5-4-6-10-16/h4-6,9-10,17-18,20H,3,7-8,11-15H2,1-2H3,(H2,26,33)(H,27,35)(H,28,34)(H,29,31)/t17?,18-,20-/m0/s1. The zero-order valence-corrected chi connectivity index (χ0v) is 22.8. The maximum absolute atomic E-state index is 13.1. The molecule has 3 rings (SSSR count). The molecule has 1 unspecified atom stereocenters. The Balaban J connectivity index is 1.54. The number of hydrogen-bond donors (Lipinski definition) is 4. The molecule has 0 aliphatic carbocycles. The van der Waals surface area contributed by atoms with Crippen LogP contribution in [0.25, 0.3) is 0 Å². The summed E-state index contributed by atoms with van der Waals surface area (Å²) in [5.41, 5.74) is 5.91. The molecule has 2 heterocycles. The van der Waals surface area contributed by atoms with Crippen LogP contribution in [0.3, 0.4) is 0 Å². The Bertz CT molecular complexity index is 1000. The topological polar surface area (TPSA) is 151 Å². The lowest BCUT2D eigenvalue weighted by molar-refractivity contribution is -0.141. The lowest BCUT2D eigenvalue weighted by atomic mass is 10.1. The normalized spacial score (nSPS) is 20.5. The van der Waals surface area contributed by atoms with E-state index in [1.807, 2.05) is 42.4 Å². The zero-order valence-electron chi connectivity index (χ0n) is 21.2. The second-order valence-electron chi connectivity index (χ2n) is 9.31. The van der Waals surface area contributed by atoms with Crippen LogP contribution in [-0.2, 0) is 24.0 Å². The second-order valence-corrected chi connectivity index (χ2v) is 12.5. The van der Waals surface area contributed by atoms with Crippen molar-refractivity contribution in [2.45, 2.75) is 54.8 Å². The van der Waals surface area contributed by atoms with E-state index in [4.69, 9.17) is 5.73 Å². The number of carbonyl (C=O) groups is 5. The third-order valence-electron chi connectivity index (χ3n) is 6.41. The Kier molecular flexibility index (Phi) is 10.4. The van der Waals surface area contributed by atoms with Crippen LogP contribution in [0, 0.1) is 0 Å². The Morgan fingerprint density at radius 3 is 2.41 bits per heavy atom. The van der Waals surface area contributed by atoms with E-state index in [1.54, 1.807) is 30.3 Å². The Morgan fingerprint density at radius 1 is 1.11 bits per heavy atom. The van der Waals surface area contributed by atoms with Crippen molar-refractivity contribution < 1.29 is 24.0 Å². The number of likely N-dealkylation sites (tertiary alicyclic amines) is 1. The van der Waals surface area contributed by atoms with Crippen molar-refractivity contribution in [3.8, 4) is 0 Å². The predicted molar refractivity (Wildman–Crippen MR) is 145 cm³/mol. The first-order chi connectivity index (χ1) is 17.7. The number of thioether (sulfide) groups is 2. The maximum Gasteiger partial charge on any atom is 0.290 e. The summed E-state index contributed by atoms with van der Waals surface area (Å²) < 4.78 is -0.00741. The van der Waals surface area contributed by atoms with Crippen LogP contribution in [0.4, 0.5) is 0 Å². The average molecular weight is 550 g/mol. The fraction of sp³-hybridized carbons (Fsp3) is 0.560. The van der Waals surface area contributed by atoms with Crippen molar-refractivity contribution in [1.82, 2.24) is 20.9 Å². The molecule has 202 valence electrons. The summed E-state index contributed by atoms with van der Waals surface area (Å²) in [6, 6.07) is 6.03. The average Bonchev–Trinajstić information content (AvgIpc) is 3.20. The van der Waals surface area contributed by atoms with Gasteiger partial charge in [-0.3, -0.25) is 28.9 Å². The minimum absolute atomic E-state index is 0.00741. The fourth-order valence-corrected chi connectivity index (χ4v) is 8.01. The van der Waals surface area contributed by atoms with Crippen LogP contribution in [0.1, 0.15) is 44.2 Å². The molecule has 1 aromatic carbocycles. The molecule has 2 aliphatic rings. The van der Waals surface area contributed by atoms with E-state index in [0.717, 1.165) is 24.5 Å². The van der Waals surface area contributed by atoms with E-state index < -0.39 is 42.1 Å². The van der Waals surface area contributed by atoms with Gasteiger partial charge in [0.15, 0.2) is 0 Å². The Labute approximate surface area is 225 Å². The van der Waals surface area contributed by atoms with Crippen LogP contribution >= 0.6 is 23.5 Å². The molecule has 4 amide bonds. The number of benzene rings is 1. The summed E-state index contributed by atoms with van der Waals surface area (Å²) >= 11 is 3.79. The van der Waals surface area contributed by atoms with Gasteiger partial charge in [0, 0.05) is 6.54 Å². The van der Waals surface area contributed by atoms with Crippen LogP contribution < -0.4 is 21.7 Å². The van der Waals surface area contributed by atoms with Crippen molar-refractivity contribution in [3.63, 3.8) is 0 Å². The molecule has 0 radical (unpaired) electrons. The third kappa shape index (κ3) is 7.71. The van der Waals surface area contributed by atoms with Gasteiger partial charge in [0.1, 0.15) is 6.04 Å². The lowest BCUT2D eigenvalue weighted by Crippen LogP contribution is -2.52. The molecule has 0 bridgehead atoms. The van der Waals surface area contributed by atoms with Gasteiger partial charge in [0.25, 0.3) is 5.91 Å². The molecule has 0 saturated carbocycles. The van der Waals surface area contributed by atoms with Crippen molar-refractivity contribution in [2.24, 2.45) is 5.73 Å². The number of nitrogens with one attached hydrogen (secondary N) is 3. The molecule has 5 N–H and O–H groups in total. The smallest absolute Gasteiger partial charge is 0.290 e. The van der Waals surface area contributed by atoms with Crippen molar-refractivity contribution in [3.05, 3.63) is 35.9 Å². The molecular weight excluding hydrogens is 514 g/mol. The highest BCUT2D eigenvalue weighted by atomic mass is 32.2. The van der Waals surface area contributed by atoms with Gasteiger partial charge in [0.05, 0.1) is 22.7 Å². The predicted octanol–water partition coefficient (Wildman–Crippen LogP) is 0.570. The van der Waals surface area contributed by atoms with E-state index in [2.05, 4.69) is 16.0 Å². The van der Waals surface area contributed by atoms with Crippen LogP contribution in [-0.4, -0.2) is 82.1 Å². The summed E-state index contributed by atoms with van der Waals surface area (Å²) in [5, 5.41) is 7.54. The quantitative estimate of drug-likeness (QED) is 0.293. The number of nitrogens with zero attached hydrogens (tertiary/aromatic N) is 1. The fourth-order valence-electron chi connectivity index (χ4n) is 4.53. The number of carbonyl (C=O) groups excluding carboxylic acids is 5. The van der Waals surface area contributed by atoms with Crippen molar-refractivity contribution in [1.29, 1.82) is 0 Å². The van der Waals surface area contributed by atoms with Crippen LogP contribution in [0.2, 0.25) is 0 Å². The third-order valence-corrected chi connectivity index (χ3v) is 9.75. The van der Waals surface area contributed by atoms with E-state index in [-0.39, 0.29) is 16.0 Å². The number of amides is 4. The molecule has 1 spiro atoms. The van der Waals surface area contributed by atoms with E-state index in [9.17, 15) is 24.0 Å². The second kappa shape index (κ2) is 13.3. The number of Topliss-reactive ketones (excluding diaryl/α,β-unsaturated/α-hetero) is 1. The van der Waals surface area contributed by atoms with Gasteiger partial charge >= 0.3 is 0 Å². The van der Waals surface area contributed by atoms with Gasteiger partial charge in [-0.1, -0.05) is 43.7 Å². The first-order valence-corrected chi connectivity index (χ1v) is 14.4. The monoisotopic (exact) mass is 549 g/mol. The minimum Gasteiger partial charge on any atom is -0.368 e. The molecular formula is C25H35N5O5S2. The number of ketones is 1. The Hall–Kier alpha value is -2.57. The SMILES string of the molecule is CCCC(NC(=O)[C@@H]1CC2(CN1C)SCCCS2)C(=O)C(=O)NCC(=O)N[C@H](C(N)=O)c1ccccc1.